The fraction of sp³-hybridized carbons (Fsp3) is 0.625. The van der Waals surface area contributed by atoms with E-state index in [4.69, 9.17) is 5.11 Å². The molecule has 0 radical (unpaired) electrons. The molecular formula is C16H23NO3S. The molecule has 0 atom stereocenters. The van der Waals surface area contributed by atoms with Crippen LogP contribution >= 0.6 is 11.3 Å². The van der Waals surface area contributed by atoms with Crippen molar-refractivity contribution in [3.8, 4) is 0 Å². The Morgan fingerprint density at radius 2 is 1.95 bits per heavy atom. The lowest BCUT2D eigenvalue weighted by Gasteiger charge is -2.35. The first-order chi connectivity index (χ1) is 10.0. The molecule has 0 bridgehead atoms. The van der Waals surface area contributed by atoms with Gasteiger partial charge in [0.15, 0.2) is 0 Å². The maximum atomic E-state index is 12.2. The lowest BCUT2D eigenvalue weighted by atomic mass is 9.69. The number of hydrogen-bond donors (Lipinski definition) is 2. The zero-order chi connectivity index (χ0) is 15.3. The monoisotopic (exact) mass is 309 g/mol. The van der Waals surface area contributed by atoms with Gasteiger partial charge in [-0.3, -0.25) is 9.59 Å². The van der Waals surface area contributed by atoms with Crippen LogP contribution in [0.25, 0.3) is 0 Å². The van der Waals surface area contributed by atoms with E-state index in [2.05, 4.69) is 10.7 Å². The maximum absolute atomic E-state index is 12.2. The summed E-state index contributed by atoms with van der Waals surface area (Å²) in [6.45, 7) is 2.57. The van der Waals surface area contributed by atoms with Crippen LogP contribution in [0.3, 0.4) is 0 Å². The van der Waals surface area contributed by atoms with E-state index in [1.807, 2.05) is 12.3 Å². The summed E-state index contributed by atoms with van der Waals surface area (Å²) < 4.78 is 0. The number of aryl methyl sites for hydroxylation is 1. The second-order valence-electron chi connectivity index (χ2n) is 6.16. The summed E-state index contributed by atoms with van der Waals surface area (Å²) in [5.74, 6) is -0.817. The van der Waals surface area contributed by atoms with E-state index in [-0.39, 0.29) is 17.7 Å². The van der Waals surface area contributed by atoms with E-state index < -0.39 is 5.97 Å². The van der Waals surface area contributed by atoms with Gasteiger partial charge in [-0.25, -0.2) is 0 Å². The fourth-order valence-corrected chi connectivity index (χ4v) is 4.06. The number of aliphatic carboxylic acids is 1. The van der Waals surface area contributed by atoms with Gasteiger partial charge in [0.25, 0.3) is 0 Å². The third-order valence-corrected chi connectivity index (χ3v) is 5.32. The zero-order valence-electron chi connectivity index (χ0n) is 12.5. The van der Waals surface area contributed by atoms with Gasteiger partial charge in [0.1, 0.15) is 0 Å². The summed E-state index contributed by atoms with van der Waals surface area (Å²) in [5.41, 5.74) is 2.00. The first-order valence-corrected chi connectivity index (χ1v) is 8.45. The Morgan fingerprint density at radius 3 is 2.52 bits per heavy atom. The van der Waals surface area contributed by atoms with Gasteiger partial charge in [-0.2, -0.15) is 11.3 Å². The molecule has 2 rings (SSSR count). The van der Waals surface area contributed by atoms with E-state index in [0.717, 1.165) is 37.7 Å². The minimum Gasteiger partial charge on any atom is -0.481 e. The lowest BCUT2D eigenvalue weighted by Crippen LogP contribution is -2.35. The van der Waals surface area contributed by atoms with Crippen molar-refractivity contribution in [1.82, 2.24) is 5.32 Å². The van der Waals surface area contributed by atoms with Crippen LogP contribution in [0.4, 0.5) is 0 Å². The van der Waals surface area contributed by atoms with Crippen LogP contribution in [-0.4, -0.2) is 17.0 Å². The van der Waals surface area contributed by atoms with Gasteiger partial charge < -0.3 is 10.4 Å². The van der Waals surface area contributed by atoms with Gasteiger partial charge in [-0.05, 0) is 47.1 Å². The van der Waals surface area contributed by atoms with Gasteiger partial charge >= 0.3 is 5.97 Å². The number of carboxylic acid groups (broad SMARTS) is 1. The van der Waals surface area contributed by atoms with E-state index >= 15 is 0 Å². The van der Waals surface area contributed by atoms with Crippen molar-refractivity contribution in [2.75, 3.05) is 0 Å². The van der Waals surface area contributed by atoms with Crippen LogP contribution in [0.1, 0.15) is 56.1 Å². The number of rotatable bonds is 6. The normalized spacial score (nSPS) is 17.4. The Bertz CT molecular complexity index is 503. The molecular weight excluding hydrogens is 286 g/mol. The molecule has 1 amide bonds. The summed E-state index contributed by atoms with van der Waals surface area (Å²) in [4.78, 5) is 23.3. The van der Waals surface area contributed by atoms with Crippen molar-refractivity contribution >= 4 is 23.2 Å². The molecule has 21 heavy (non-hydrogen) atoms. The first-order valence-electron chi connectivity index (χ1n) is 7.51. The van der Waals surface area contributed by atoms with Gasteiger partial charge in [-0.15, -0.1) is 0 Å². The summed E-state index contributed by atoms with van der Waals surface area (Å²) in [5, 5.41) is 16.2. The molecule has 1 fully saturated rings. The minimum atomic E-state index is -0.793. The lowest BCUT2D eigenvalue weighted by molar-refractivity contribution is -0.141. The van der Waals surface area contributed by atoms with Crippen LogP contribution < -0.4 is 5.32 Å². The highest BCUT2D eigenvalue weighted by Crippen LogP contribution is 2.42. The van der Waals surface area contributed by atoms with Crippen molar-refractivity contribution in [2.24, 2.45) is 5.41 Å². The highest BCUT2D eigenvalue weighted by atomic mass is 32.1. The van der Waals surface area contributed by atoms with Crippen molar-refractivity contribution in [1.29, 1.82) is 0 Å². The zero-order valence-corrected chi connectivity index (χ0v) is 13.3. The number of nitrogens with one attached hydrogen (secondary N) is 1. The van der Waals surface area contributed by atoms with Crippen LogP contribution in [0.2, 0.25) is 0 Å². The highest BCUT2D eigenvalue weighted by Gasteiger charge is 2.36. The molecule has 116 valence electrons. The maximum Gasteiger partial charge on any atom is 0.303 e. The first kappa shape index (κ1) is 16.0. The van der Waals surface area contributed by atoms with E-state index in [9.17, 15) is 9.59 Å². The van der Waals surface area contributed by atoms with Crippen molar-refractivity contribution in [3.05, 3.63) is 21.9 Å². The van der Waals surface area contributed by atoms with Crippen LogP contribution in [0.5, 0.6) is 0 Å². The molecule has 1 aliphatic carbocycles. The topological polar surface area (TPSA) is 66.4 Å². The molecule has 0 saturated heterocycles. The molecule has 0 unspecified atom stereocenters. The Morgan fingerprint density at radius 1 is 1.24 bits per heavy atom. The predicted molar refractivity (Wildman–Crippen MR) is 83.3 cm³/mol. The number of carbonyl (C=O) groups is 2. The fourth-order valence-electron chi connectivity index (χ4n) is 3.20. The number of amides is 1. The largest absolute Gasteiger partial charge is 0.481 e. The second kappa shape index (κ2) is 7.07. The number of thiophene rings is 1. The minimum absolute atomic E-state index is 0.0243. The predicted octanol–water partition coefficient (Wildman–Crippen LogP) is 3.49. The summed E-state index contributed by atoms with van der Waals surface area (Å²) in [7, 11) is 0. The molecule has 1 aromatic rings. The summed E-state index contributed by atoms with van der Waals surface area (Å²) in [6.07, 6.45) is 5.36. The average molecular weight is 309 g/mol. The molecule has 1 saturated carbocycles. The molecule has 5 heteroatoms. The van der Waals surface area contributed by atoms with Gasteiger partial charge in [-0.1, -0.05) is 19.3 Å². The third kappa shape index (κ3) is 4.56. The Hall–Kier alpha value is -1.36. The molecule has 2 N–H and O–H groups in total. The number of carbonyl (C=O) groups excluding carboxylic acids is 1. The van der Waals surface area contributed by atoms with Crippen LogP contribution in [0, 0.1) is 12.3 Å². The van der Waals surface area contributed by atoms with Gasteiger partial charge in [0, 0.05) is 13.0 Å². The van der Waals surface area contributed by atoms with Gasteiger partial charge in [0.05, 0.1) is 6.42 Å². The average Bonchev–Trinajstić information content (AvgIpc) is 2.82. The summed E-state index contributed by atoms with van der Waals surface area (Å²) in [6, 6.07) is 0. The molecule has 0 aromatic carbocycles. The highest BCUT2D eigenvalue weighted by molar-refractivity contribution is 7.08. The van der Waals surface area contributed by atoms with Crippen LogP contribution in [0.15, 0.2) is 10.8 Å². The number of carboxylic acids is 1. The van der Waals surface area contributed by atoms with Crippen molar-refractivity contribution < 1.29 is 14.7 Å². The molecule has 0 aliphatic heterocycles. The smallest absolute Gasteiger partial charge is 0.303 e. The van der Waals surface area contributed by atoms with Crippen LogP contribution in [-0.2, 0) is 16.1 Å². The quantitative estimate of drug-likeness (QED) is 0.845. The molecule has 1 aromatic heterocycles. The molecule has 0 spiro atoms. The molecule has 4 nitrogen and oxygen atoms in total. The number of hydrogen-bond acceptors (Lipinski definition) is 3. The Labute approximate surface area is 129 Å². The third-order valence-electron chi connectivity index (χ3n) is 4.41. The second-order valence-corrected chi connectivity index (χ2v) is 6.91. The standard InChI is InChI=1S/C16H23NO3S/c1-12-10-21-11-13(12)9-17-14(18)7-16(8-15(19)20)5-3-2-4-6-16/h10-11H,2-9H2,1H3,(H,17,18)(H,19,20). The molecule has 1 aliphatic rings. The van der Waals surface area contributed by atoms with Crippen molar-refractivity contribution in [3.63, 3.8) is 0 Å². The summed E-state index contributed by atoms with van der Waals surface area (Å²) >= 11 is 1.63. The Balaban J connectivity index is 1.91. The van der Waals surface area contributed by atoms with E-state index in [1.165, 1.54) is 5.56 Å². The Kier molecular flexibility index (Phi) is 5.39. The van der Waals surface area contributed by atoms with E-state index in [1.54, 1.807) is 11.3 Å². The van der Waals surface area contributed by atoms with E-state index in [0.29, 0.717) is 13.0 Å². The SMILES string of the molecule is Cc1cscc1CNC(=O)CC1(CC(=O)O)CCCCC1. The molecule has 1 heterocycles. The van der Waals surface area contributed by atoms with Crippen molar-refractivity contribution in [2.45, 2.75) is 58.4 Å². The van der Waals surface area contributed by atoms with Gasteiger partial charge in [0.2, 0.25) is 5.91 Å².